The van der Waals surface area contributed by atoms with Crippen LogP contribution in [0.4, 0.5) is 0 Å². The molecule has 1 saturated heterocycles. The third-order valence-electron chi connectivity index (χ3n) is 2.96. The number of hydrogen-bond donors (Lipinski definition) is 1. The molecule has 0 aromatic rings. The van der Waals surface area contributed by atoms with Gasteiger partial charge >= 0.3 is 0 Å². The molecule has 0 aliphatic carbocycles. The third kappa shape index (κ3) is 5.95. The Morgan fingerprint density at radius 3 is 2.76 bits per heavy atom. The van der Waals surface area contributed by atoms with Crippen LogP contribution >= 0.6 is 0 Å². The van der Waals surface area contributed by atoms with Gasteiger partial charge in [0, 0.05) is 48.2 Å². The Hall–Kier alpha value is 0.0300. The molecule has 0 radical (unpaired) electrons. The fourth-order valence-electron chi connectivity index (χ4n) is 1.99. The van der Waals surface area contributed by atoms with Crippen molar-refractivity contribution in [2.45, 2.75) is 37.5 Å². The van der Waals surface area contributed by atoms with Gasteiger partial charge in [0.2, 0.25) is 0 Å². The molecule has 1 N–H and O–H groups in total. The summed E-state index contributed by atoms with van der Waals surface area (Å²) in [6.45, 7) is 5.24. The van der Waals surface area contributed by atoms with E-state index in [1.807, 2.05) is 0 Å². The molecule has 4 nitrogen and oxygen atoms in total. The summed E-state index contributed by atoms with van der Waals surface area (Å²) in [6, 6.07) is 0.212. The molecule has 0 aromatic heterocycles. The highest BCUT2D eigenvalue weighted by Crippen LogP contribution is 2.14. The summed E-state index contributed by atoms with van der Waals surface area (Å²) < 4.78 is 22.7. The molecule has 0 amide bonds. The lowest BCUT2D eigenvalue weighted by Crippen LogP contribution is -2.41. The van der Waals surface area contributed by atoms with Crippen molar-refractivity contribution in [3.63, 3.8) is 0 Å². The average molecular weight is 263 g/mol. The maximum atomic E-state index is 12.2. The van der Waals surface area contributed by atoms with Crippen molar-refractivity contribution in [1.29, 1.82) is 0 Å². The van der Waals surface area contributed by atoms with Crippen LogP contribution in [0.15, 0.2) is 0 Å². The molecule has 1 fully saturated rings. The summed E-state index contributed by atoms with van der Waals surface area (Å²) in [4.78, 5) is 0. The third-order valence-corrected chi connectivity index (χ3v) is 4.90. The second-order valence-corrected chi connectivity index (χ2v) is 6.23. The smallest absolute Gasteiger partial charge is 0.0624 e. The van der Waals surface area contributed by atoms with E-state index in [1.165, 1.54) is 0 Å². The van der Waals surface area contributed by atoms with E-state index in [9.17, 15) is 4.21 Å². The van der Waals surface area contributed by atoms with Crippen molar-refractivity contribution in [3.05, 3.63) is 0 Å². The molecule has 0 spiro atoms. The fourth-order valence-corrected chi connectivity index (χ4v) is 3.59. The topological polar surface area (TPSA) is 47.6 Å². The van der Waals surface area contributed by atoms with Crippen LogP contribution in [0.25, 0.3) is 0 Å². The van der Waals surface area contributed by atoms with Gasteiger partial charge in [0.05, 0.1) is 6.61 Å². The Balaban J connectivity index is 2.33. The van der Waals surface area contributed by atoms with Crippen LogP contribution in [0.3, 0.4) is 0 Å². The normalized spacial score (nSPS) is 21.3. The molecule has 0 bridgehead atoms. The van der Waals surface area contributed by atoms with Gasteiger partial charge in [-0.2, -0.15) is 0 Å². The molecule has 0 saturated carbocycles. The van der Waals surface area contributed by atoms with Crippen molar-refractivity contribution >= 4 is 10.8 Å². The van der Waals surface area contributed by atoms with E-state index in [4.69, 9.17) is 9.47 Å². The van der Waals surface area contributed by atoms with Gasteiger partial charge < -0.3 is 14.8 Å². The minimum Gasteiger partial charge on any atom is -0.383 e. The molecule has 1 aliphatic heterocycles. The number of nitrogens with one attached hydrogen (secondary N) is 1. The highest BCUT2D eigenvalue weighted by Gasteiger charge is 2.22. The molecule has 17 heavy (non-hydrogen) atoms. The molecule has 1 rings (SSSR count). The highest BCUT2D eigenvalue weighted by molar-refractivity contribution is 7.85. The summed E-state index contributed by atoms with van der Waals surface area (Å²) in [5.41, 5.74) is 0. The van der Waals surface area contributed by atoms with E-state index in [0.717, 1.165) is 39.0 Å². The zero-order chi connectivity index (χ0) is 12.5. The van der Waals surface area contributed by atoms with E-state index >= 15 is 0 Å². The standard InChI is InChI=1S/C12H25NO3S/c1-3-6-13-11(9-15-2)10-17(14)12-4-7-16-8-5-12/h11-13H,3-10H2,1-2H3. The molecule has 0 aromatic carbocycles. The Morgan fingerprint density at radius 1 is 1.47 bits per heavy atom. The van der Waals surface area contributed by atoms with Gasteiger partial charge in [0.1, 0.15) is 0 Å². The van der Waals surface area contributed by atoms with Crippen LogP contribution in [0.1, 0.15) is 26.2 Å². The van der Waals surface area contributed by atoms with Gasteiger partial charge in [-0.1, -0.05) is 6.92 Å². The lowest BCUT2D eigenvalue weighted by atomic mass is 10.2. The Labute approximate surface area is 107 Å². The summed E-state index contributed by atoms with van der Waals surface area (Å²) in [5.74, 6) is 0.693. The van der Waals surface area contributed by atoms with Gasteiger partial charge in [0.15, 0.2) is 0 Å². The van der Waals surface area contributed by atoms with Crippen molar-refractivity contribution in [3.8, 4) is 0 Å². The summed E-state index contributed by atoms with van der Waals surface area (Å²) in [5, 5.41) is 3.70. The summed E-state index contributed by atoms with van der Waals surface area (Å²) >= 11 is 0. The number of ether oxygens (including phenoxy) is 2. The van der Waals surface area contributed by atoms with Crippen LogP contribution in [-0.4, -0.2) is 54.7 Å². The Bertz CT molecular complexity index is 220. The first-order valence-electron chi connectivity index (χ1n) is 6.45. The van der Waals surface area contributed by atoms with Gasteiger partial charge in [-0.15, -0.1) is 0 Å². The minimum absolute atomic E-state index is 0.212. The lowest BCUT2D eigenvalue weighted by Gasteiger charge is -2.24. The second-order valence-electron chi connectivity index (χ2n) is 4.47. The van der Waals surface area contributed by atoms with Crippen molar-refractivity contribution in [2.24, 2.45) is 0 Å². The summed E-state index contributed by atoms with van der Waals surface area (Å²) in [7, 11) is 0.928. The van der Waals surface area contributed by atoms with Gasteiger partial charge in [0.25, 0.3) is 0 Å². The maximum absolute atomic E-state index is 12.2. The van der Waals surface area contributed by atoms with Crippen LogP contribution in [0, 0.1) is 0 Å². The molecule has 1 aliphatic rings. The molecule has 2 atom stereocenters. The highest BCUT2D eigenvalue weighted by atomic mass is 32.2. The predicted octanol–water partition coefficient (Wildman–Crippen LogP) is 0.929. The zero-order valence-electron chi connectivity index (χ0n) is 10.9. The monoisotopic (exact) mass is 263 g/mol. The zero-order valence-corrected chi connectivity index (χ0v) is 11.8. The van der Waals surface area contributed by atoms with Crippen molar-refractivity contribution < 1.29 is 13.7 Å². The first-order valence-corrected chi connectivity index (χ1v) is 7.83. The molecular formula is C12H25NO3S. The largest absolute Gasteiger partial charge is 0.383 e. The first kappa shape index (κ1) is 15.1. The van der Waals surface area contributed by atoms with Crippen LogP contribution in [0.5, 0.6) is 0 Å². The van der Waals surface area contributed by atoms with Crippen LogP contribution < -0.4 is 5.32 Å². The van der Waals surface area contributed by atoms with Gasteiger partial charge in [-0.3, -0.25) is 4.21 Å². The maximum Gasteiger partial charge on any atom is 0.0624 e. The Kier molecular flexibility index (Phi) is 8.01. The van der Waals surface area contributed by atoms with E-state index in [-0.39, 0.29) is 6.04 Å². The molecule has 2 unspecified atom stereocenters. The SMILES string of the molecule is CCCNC(COC)CS(=O)C1CCOCC1. The van der Waals surface area contributed by atoms with Gasteiger partial charge in [-0.05, 0) is 25.8 Å². The Morgan fingerprint density at radius 2 is 2.18 bits per heavy atom. The molecule has 1 heterocycles. The number of methoxy groups -OCH3 is 1. The minimum atomic E-state index is -0.764. The predicted molar refractivity (Wildman–Crippen MR) is 70.8 cm³/mol. The van der Waals surface area contributed by atoms with E-state index < -0.39 is 10.8 Å². The van der Waals surface area contributed by atoms with Crippen LogP contribution in [-0.2, 0) is 20.3 Å². The van der Waals surface area contributed by atoms with Gasteiger partial charge in [-0.25, -0.2) is 0 Å². The molecule has 5 heteroatoms. The van der Waals surface area contributed by atoms with E-state index in [0.29, 0.717) is 17.6 Å². The second kappa shape index (κ2) is 9.03. The average Bonchev–Trinajstić information content (AvgIpc) is 2.37. The molecular weight excluding hydrogens is 238 g/mol. The van der Waals surface area contributed by atoms with Crippen molar-refractivity contribution in [1.82, 2.24) is 5.32 Å². The fraction of sp³-hybridized carbons (Fsp3) is 1.00. The number of hydrogen-bond acceptors (Lipinski definition) is 4. The molecule has 102 valence electrons. The number of rotatable bonds is 8. The summed E-state index contributed by atoms with van der Waals surface area (Å²) in [6.07, 6.45) is 2.95. The van der Waals surface area contributed by atoms with Crippen LogP contribution in [0.2, 0.25) is 0 Å². The van der Waals surface area contributed by atoms with Crippen molar-refractivity contribution in [2.75, 3.05) is 39.2 Å². The quantitative estimate of drug-likeness (QED) is 0.708. The lowest BCUT2D eigenvalue weighted by molar-refractivity contribution is 0.0991. The van der Waals surface area contributed by atoms with E-state index in [2.05, 4.69) is 12.2 Å². The first-order chi connectivity index (χ1) is 8.27. The van der Waals surface area contributed by atoms with E-state index in [1.54, 1.807) is 7.11 Å².